The number of hydrogen-bond acceptors (Lipinski definition) is 2. The third-order valence-electron chi connectivity index (χ3n) is 3.11. The Morgan fingerprint density at radius 3 is 2.60 bits per heavy atom. The highest BCUT2D eigenvalue weighted by Gasteiger charge is 2.50. The van der Waals surface area contributed by atoms with Crippen LogP contribution in [-0.4, -0.2) is 12.9 Å². The van der Waals surface area contributed by atoms with Crippen LogP contribution >= 0.6 is 0 Å². The first-order chi connectivity index (χ1) is 7.12. The van der Waals surface area contributed by atoms with E-state index in [0.717, 1.165) is 12.8 Å². The average molecular weight is 208 g/mol. The van der Waals surface area contributed by atoms with E-state index in [-0.39, 0.29) is 11.5 Å². The highest BCUT2D eigenvalue weighted by Crippen LogP contribution is 2.52. The van der Waals surface area contributed by atoms with Crippen LogP contribution in [0.3, 0.4) is 0 Å². The summed E-state index contributed by atoms with van der Waals surface area (Å²) >= 11 is 0. The summed E-state index contributed by atoms with van der Waals surface area (Å²) in [5, 5.41) is 0. The number of Topliss-reactive ketones (excluding diaryl/α,β-unsaturated/α-hetero) is 1. The SMILES string of the molecule is COc1c(F)cccc1C1(C(C)=O)CC1. The normalized spacial score (nSPS) is 17.3. The van der Waals surface area contributed by atoms with Crippen LogP contribution in [-0.2, 0) is 10.2 Å². The molecule has 80 valence electrons. The van der Waals surface area contributed by atoms with E-state index in [2.05, 4.69) is 0 Å². The standard InChI is InChI=1S/C12H13FO2/c1-8(14)12(6-7-12)9-4-3-5-10(13)11(9)15-2/h3-5H,6-7H2,1-2H3. The molecule has 1 fully saturated rings. The van der Waals surface area contributed by atoms with Crippen LogP contribution in [0.25, 0.3) is 0 Å². The van der Waals surface area contributed by atoms with Gasteiger partial charge >= 0.3 is 0 Å². The molecule has 0 amide bonds. The molecule has 1 aromatic carbocycles. The fourth-order valence-corrected chi connectivity index (χ4v) is 2.03. The van der Waals surface area contributed by atoms with Gasteiger partial charge in [0.05, 0.1) is 12.5 Å². The second-order valence-corrected chi connectivity index (χ2v) is 3.96. The summed E-state index contributed by atoms with van der Waals surface area (Å²) in [6, 6.07) is 4.74. The molecule has 1 saturated carbocycles. The van der Waals surface area contributed by atoms with Gasteiger partial charge in [-0.05, 0) is 25.8 Å². The van der Waals surface area contributed by atoms with Crippen LogP contribution in [0.4, 0.5) is 4.39 Å². The first-order valence-electron chi connectivity index (χ1n) is 4.96. The number of hydrogen-bond donors (Lipinski definition) is 0. The maximum atomic E-state index is 13.4. The van der Waals surface area contributed by atoms with Gasteiger partial charge in [-0.2, -0.15) is 0 Å². The van der Waals surface area contributed by atoms with E-state index >= 15 is 0 Å². The molecule has 0 saturated heterocycles. The summed E-state index contributed by atoms with van der Waals surface area (Å²) in [7, 11) is 1.43. The van der Waals surface area contributed by atoms with Gasteiger partial charge in [0.15, 0.2) is 11.6 Å². The Bertz CT molecular complexity index is 408. The average Bonchev–Trinajstić information content (AvgIpc) is 2.98. The van der Waals surface area contributed by atoms with Crippen molar-refractivity contribution in [3.05, 3.63) is 29.6 Å². The van der Waals surface area contributed by atoms with Crippen LogP contribution in [0.5, 0.6) is 5.75 Å². The molecule has 0 N–H and O–H groups in total. The smallest absolute Gasteiger partial charge is 0.165 e. The molecule has 2 nitrogen and oxygen atoms in total. The summed E-state index contributed by atoms with van der Waals surface area (Å²) in [5.74, 6) is -0.0980. The number of carbonyl (C=O) groups excluding carboxylic acids is 1. The van der Waals surface area contributed by atoms with Crippen LogP contribution in [0, 0.1) is 5.82 Å². The molecule has 0 bridgehead atoms. The molecule has 0 aliphatic heterocycles. The largest absolute Gasteiger partial charge is 0.493 e. The Morgan fingerprint density at radius 1 is 1.47 bits per heavy atom. The lowest BCUT2D eigenvalue weighted by atomic mass is 9.91. The van der Waals surface area contributed by atoms with Crippen molar-refractivity contribution in [3.8, 4) is 5.75 Å². The Labute approximate surface area is 88.1 Å². The van der Waals surface area contributed by atoms with Crippen molar-refractivity contribution < 1.29 is 13.9 Å². The van der Waals surface area contributed by atoms with Gasteiger partial charge in [0.1, 0.15) is 5.78 Å². The van der Waals surface area contributed by atoms with Crippen molar-refractivity contribution in [2.75, 3.05) is 7.11 Å². The second kappa shape index (κ2) is 3.33. The number of benzene rings is 1. The molecule has 0 atom stereocenters. The van der Waals surface area contributed by atoms with Gasteiger partial charge in [0.25, 0.3) is 0 Å². The monoisotopic (exact) mass is 208 g/mol. The minimum absolute atomic E-state index is 0.0893. The Morgan fingerprint density at radius 2 is 2.13 bits per heavy atom. The highest BCUT2D eigenvalue weighted by atomic mass is 19.1. The number of ketones is 1. The molecular weight excluding hydrogens is 195 g/mol. The number of rotatable bonds is 3. The van der Waals surface area contributed by atoms with Crippen molar-refractivity contribution in [1.82, 2.24) is 0 Å². The summed E-state index contributed by atoms with van der Waals surface area (Å²) in [6.07, 6.45) is 1.59. The van der Waals surface area contributed by atoms with E-state index in [9.17, 15) is 9.18 Å². The fourth-order valence-electron chi connectivity index (χ4n) is 2.03. The highest BCUT2D eigenvalue weighted by molar-refractivity contribution is 5.91. The Balaban J connectivity index is 2.53. The zero-order valence-electron chi connectivity index (χ0n) is 8.84. The number of carbonyl (C=O) groups is 1. The summed E-state index contributed by atoms with van der Waals surface area (Å²) in [6.45, 7) is 1.55. The van der Waals surface area contributed by atoms with Crippen LogP contribution in [0.15, 0.2) is 18.2 Å². The van der Waals surface area contributed by atoms with Gasteiger partial charge in [0.2, 0.25) is 0 Å². The molecule has 3 heteroatoms. The van der Waals surface area contributed by atoms with Crippen molar-refractivity contribution in [1.29, 1.82) is 0 Å². The van der Waals surface area contributed by atoms with Crippen molar-refractivity contribution in [2.45, 2.75) is 25.2 Å². The van der Waals surface area contributed by atoms with Gasteiger partial charge in [-0.15, -0.1) is 0 Å². The lowest BCUT2D eigenvalue weighted by Crippen LogP contribution is -2.18. The van der Waals surface area contributed by atoms with Gasteiger partial charge in [-0.1, -0.05) is 12.1 Å². The minimum Gasteiger partial charge on any atom is -0.493 e. The molecule has 2 rings (SSSR count). The second-order valence-electron chi connectivity index (χ2n) is 3.96. The van der Waals surface area contributed by atoms with E-state index in [1.807, 2.05) is 0 Å². The first kappa shape index (κ1) is 10.1. The molecule has 1 aromatic rings. The van der Waals surface area contributed by atoms with E-state index in [4.69, 9.17) is 4.74 Å². The van der Waals surface area contributed by atoms with Gasteiger partial charge in [0, 0.05) is 5.56 Å². The van der Waals surface area contributed by atoms with Crippen molar-refractivity contribution in [2.24, 2.45) is 0 Å². The lowest BCUT2D eigenvalue weighted by molar-refractivity contribution is -0.119. The first-order valence-corrected chi connectivity index (χ1v) is 4.96. The van der Waals surface area contributed by atoms with Crippen LogP contribution in [0.1, 0.15) is 25.3 Å². The van der Waals surface area contributed by atoms with Crippen molar-refractivity contribution >= 4 is 5.78 Å². The predicted molar refractivity (Wildman–Crippen MR) is 54.5 cm³/mol. The van der Waals surface area contributed by atoms with Gasteiger partial charge < -0.3 is 4.74 Å². The number of para-hydroxylation sites is 1. The Kier molecular flexibility index (Phi) is 2.25. The quantitative estimate of drug-likeness (QED) is 0.762. The third kappa shape index (κ3) is 1.42. The van der Waals surface area contributed by atoms with Crippen molar-refractivity contribution in [3.63, 3.8) is 0 Å². The van der Waals surface area contributed by atoms with Crippen LogP contribution < -0.4 is 4.74 Å². The van der Waals surface area contributed by atoms with E-state index in [1.165, 1.54) is 13.2 Å². The van der Waals surface area contributed by atoms with E-state index in [0.29, 0.717) is 5.56 Å². The molecule has 0 aromatic heterocycles. The van der Waals surface area contributed by atoms with E-state index in [1.54, 1.807) is 19.1 Å². The fraction of sp³-hybridized carbons (Fsp3) is 0.417. The molecule has 0 spiro atoms. The Hall–Kier alpha value is -1.38. The maximum absolute atomic E-state index is 13.4. The van der Waals surface area contributed by atoms with E-state index < -0.39 is 11.2 Å². The summed E-state index contributed by atoms with van der Waals surface area (Å²) in [5.41, 5.74) is 0.213. The molecular formula is C12H13FO2. The zero-order chi connectivity index (χ0) is 11.1. The molecule has 0 radical (unpaired) electrons. The molecule has 15 heavy (non-hydrogen) atoms. The zero-order valence-corrected chi connectivity index (χ0v) is 8.84. The molecule has 1 aliphatic rings. The number of ether oxygens (including phenoxy) is 1. The maximum Gasteiger partial charge on any atom is 0.165 e. The minimum atomic E-state index is -0.479. The number of methoxy groups -OCH3 is 1. The van der Waals surface area contributed by atoms with Crippen LogP contribution in [0.2, 0.25) is 0 Å². The summed E-state index contributed by atoms with van der Waals surface area (Å²) in [4.78, 5) is 11.5. The topological polar surface area (TPSA) is 26.3 Å². The molecule has 0 unspecified atom stereocenters. The third-order valence-corrected chi connectivity index (χ3v) is 3.11. The number of halogens is 1. The summed E-state index contributed by atoms with van der Waals surface area (Å²) < 4.78 is 18.5. The molecule has 1 aliphatic carbocycles. The lowest BCUT2D eigenvalue weighted by Gasteiger charge is -2.16. The predicted octanol–water partition coefficient (Wildman–Crippen LogP) is 2.45. The molecule has 0 heterocycles. The van der Waals surface area contributed by atoms with Gasteiger partial charge in [-0.25, -0.2) is 4.39 Å². The van der Waals surface area contributed by atoms with Gasteiger partial charge in [-0.3, -0.25) is 4.79 Å².